The highest BCUT2D eigenvalue weighted by atomic mass is 19.4. The molecule has 1 aromatic heterocycles. The molecule has 2 aromatic carbocycles. The van der Waals surface area contributed by atoms with Crippen molar-refractivity contribution in [3.8, 4) is 22.6 Å². The second-order valence-electron chi connectivity index (χ2n) is 7.18. The Morgan fingerprint density at radius 3 is 2.00 bits per heavy atom. The van der Waals surface area contributed by atoms with Gasteiger partial charge in [0.15, 0.2) is 11.7 Å². The number of benzene rings is 2. The van der Waals surface area contributed by atoms with Crippen molar-refractivity contribution in [2.24, 2.45) is 5.92 Å². The van der Waals surface area contributed by atoms with Crippen LogP contribution in [0.25, 0.3) is 22.6 Å². The van der Waals surface area contributed by atoms with E-state index < -0.39 is 46.8 Å². The van der Waals surface area contributed by atoms with Crippen LogP contribution in [0.1, 0.15) is 29.4 Å². The number of carboxylic acid groups (broad SMARTS) is 1. The van der Waals surface area contributed by atoms with Crippen LogP contribution in [-0.4, -0.2) is 16.1 Å². The van der Waals surface area contributed by atoms with Crippen LogP contribution in [-0.2, 0) is 17.1 Å². The number of carboxylic acids is 1. The lowest BCUT2D eigenvalue weighted by atomic mass is 10.0. The molecule has 3 aromatic rings. The molecule has 162 valence electrons. The molecule has 4 rings (SSSR count). The van der Waals surface area contributed by atoms with Crippen LogP contribution in [0.3, 0.4) is 0 Å². The van der Waals surface area contributed by atoms with Crippen molar-refractivity contribution in [2.45, 2.75) is 24.7 Å². The van der Waals surface area contributed by atoms with E-state index in [1.165, 1.54) is 0 Å². The SMILES string of the molecule is O=C(O)[C@@H]1C[C@H]1c1nc(-c2ccccc2)c(-c2cc(C(F)(F)F)cc(C(F)(F)F)c2)o1. The molecule has 0 saturated heterocycles. The third-order valence-electron chi connectivity index (χ3n) is 4.97. The van der Waals surface area contributed by atoms with Gasteiger partial charge in [-0.05, 0) is 24.6 Å². The Bertz CT molecular complexity index is 1100. The van der Waals surface area contributed by atoms with E-state index in [1.54, 1.807) is 30.3 Å². The van der Waals surface area contributed by atoms with Crippen LogP contribution in [0.2, 0.25) is 0 Å². The summed E-state index contributed by atoms with van der Waals surface area (Å²) >= 11 is 0. The highest BCUT2D eigenvalue weighted by Gasteiger charge is 2.48. The van der Waals surface area contributed by atoms with Crippen molar-refractivity contribution >= 4 is 5.97 Å². The molecule has 1 aliphatic rings. The molecule has 0 amide bonds. The highest BCUT2D eigenvalue weighted by Crippen LogP contribution is 2.50. The summed E-state index contributed by atoms with van der Waals surface area (Å²) in [5.41, 5.74) is -2.97. The lowest BCUT2D eigenvalue weighted by Crippen LogP contribution is -2.11. The fourth-order valence-corrected chi connectivity index (χ4v) is 3.31. The third-order valence-corrected chi connectivity index (χ3v) is 4.97. The van der Waals surface area contributed by atoms with Gasteiger partial charge in [-0.15, -0.1) is 0 Å². The smallest absolute Gasteiger partial charge is 0.416 e. The van der Waals surface area contributed by atoms with Crippen LogP contribution in [0, 0.1) is 5.92 Å². The maximum Gasteiger partial charge on any atom is 0.416 e. The Labute approximate surface area is 171 Å². The van der Waals surface area contributed by atoms with Gasteiger partial charge in [0, 0.05) is 17.0 Å². The predicted molar refractivity (Wildman–Crippen MR) is 95.9 cm³/mol. The van der Waals surface area contributed by atoms with Gasteiger partial charge in [-0.2, -0.15) is 26.3 Å². The summed E-state index contributed by atoms with van der Waals surface area (Å²) in [6, 6.07) is 9.23. The number of hydrogen-bond donors (Lipinski definition) is 1. The summed E-state index contributed by atoms with van der Waals surface area (Å²) in [5, 5.41) is 9.13. The van der Waals surface area contributed by atoms with Gasteiger partial charge < -0.3 is 9.52 Å². The monoisotopic (exact) mass is 441 g/mol. The molecule has 4 nitrogen and oxygen atoms in total. The number of carbonyl (C=O) groups is 1. The van der Waals surface area contributed by atoms with Crippen molar-refractivity contribution in [1.29, 1.82) is 0 Å². The van der Waals surface area contributed by atoms with Gasteiger partial charge in [-0.25, -0.2) is 4.98 Å². The summed E-state index contributed by atoms with van der Waals surface area (Å²) in [6.45, 7) is 0. The number of aromatic nitrogens is 1. The first-order valence-corrected chi connectivity index (χ1v) is 9.04. The standard InChI is InChI=1S/C21H13F6NO3/c22-20(23,24)12-6-11(7-13(8-12)21(25,26)27)17-16(10-4-2-1-3-5-10)28-18(31-17)14-9-15(14)19(29)30/h1-8,14-15H,9H2,(H,29,30)/t14-,15-/m1/s1. The van der Waals surface area contributed by atoms with Crippen LogP contribution in [0.5, 0.6) is 0 Å². The van der Waals surface area contributed by atoms with Gasteiger partial charge in [0.25, 0.3) is 0 Å². The van der Waals surface area contributed by atoms with E-state index in [1.807, 2.05) is 0 Å². The van der Waals surface area contributed by atoms with Crippen LogP contribution < -0.4 is 0 Å². The number of oxazole rings is 1. The topological polar surface area (TPSA) is 63.3 Å². The summed E-state index contributed by atoms with van der Waals surface area (Å²) in [6.07, 6.45) is -9.81. The fourth-order valence-electron chi connectivity index (χ4n) is 3.31. The average Bonchev–Trinajstić information content (AvgIpc) is 3.38. The molecule has 1 aliphatic carbocycles. The van der Waals surface area contributed by atoms with E-state index in [0.717, 1.165) is 0 Å². The summed E-state index contributed by atoms with van der Waals surface area (Å²) in [4.78, 5) is 15.4. The molecule has 0 unspecified atom stereocenters. The maximum atomic E-state index is 13.3. The van der Waals surface area contributed by atoms with Gasteiger partial charge in [-0.3, -0.25) is 4.79 Å². The number of hydrogen-bond acceptors (Lipinski definition) is 3. The summed E-state index contributed by atoms with van der Waals surface area (Å²) in [7, 11) is 0. The molecule has 2 atom stereocenters. The Morgan fingerprint density at radius 1 is 0.935 bits per heavy atom. The molecule has 0 bridgehead atoms. The number of halogens is 6. The lowest BCUT2D eigenvalue weighted by Gasteiger charge is -2.13. The summed E-state index contributed by atoms with van der Waals surface area (Å²) in [5.74, 6) is -2.76. The third kappa shape index (κ3) is 4.14. The molecule has 1 saturated carbocycles. The predicted octanol–water partition coefficient (Wildman–Crippen LogP) is 6.23. The summed E-state index contributed by atoms with van der Waals surface area (Å²) < 4.78 is 85.3. The van der Waals surface area contributed by atoms with Crippen molar-refractivity contribution in [1.82, 2.24) is 4.98 Å². The number of alkyl halides is 6. The Hall–Kier alpha value is -3.30. The highest BCUT2D eigenvalue weighted by molar-refractivity contribution is 5.79. The van der Waals surface area contributed by atoms with E-state index in [0.29, 0.717) is 17.7 Å². The van der Waals surface area contributed by atoms with Gasteiger partial charge >= 0.3 is 18.3 Å². The lowest BCUT2D eigenvalue weighted by molar-refractivity contribution is -0.143. The van der Waals surface area contributed by atoms with E-state index in [9.17, 15) is 31.1 Å². The van der Waals surface area contributed by atoms with Crippen molar-refractivity contribution < 1.29 is 40.7 Å². The van der Waals surface area contributed by atoms with Crippen LogP contribution >= 0.6 is 0 Å². The Kier molecular flexibility index (Phi) is 4.83. The zero-order valence-electron chi connectivity index (χ0n) is 15.5. The van der Waals surface area contributed by atoms with Crippen molar-refractivity contribution in [2.75, 3.05) is 0 Å². The minimum absolute atomic E-state index is 0.0321. The van der Waals surface area contributed by atoms with Crippen molar-refractivity contribution in [3.05, 3.63) is 65.5 Å². The number of nitrogens with zero attached hydrogens (tertiary/aromatic N) is 1. The molecule has 1 fully saturated rings. The maximum absolute atomic E-state index is 13.3. The molecule has 1 heterocycles. The van der Waals surface area contributed by atoms with E-state index >= 15 is 0 Å². The normalized spacial score (nSPS) is 18.8. The van der Waals surface area contributed by atoms with Gasteiger partial charge in [0.05, 0.1) is 17.0 Å². The molecule has 0 aliphatic heterocycles. The quantitative estimate of drug-likeness (QED) is 0.488. The number of rotatable bonds is 4. The fraction of sp³-hybridized carbons (Fsp3) is 0.238. The first-order chi connectivity index (χ1) is 14.4. The molecule has 0 radical (unpaired) electrons. The molecule has 31 heavy (non-hydrogen) atoms. The second-order valence-corrected chi connectivity index (χ2v) is 7.18. The Morgan fingerprint density at radius 2 is 1.52 bits per heavy atom. The zero-order chi connectivity index (χ0) is 22.6. The number of aliphatic carboxylic acids is 1. The van der Waals surface area contributed by atoms with Crippen molar-refractivity contribution in [3.63, 3.8) is 0 Å². The van der Waals surface area contributed by atoms with Gasteiger partial charge in [-0.1, -0.05) is 30.3 Å². The zero-order valence-corrected chi connectivity index (χ0v) is 15.5. The van der Waals surface area contributed by atoms with E-state index in [2.05, 4.69) is 4.98 Å². The van der Waals surface area contributed by atoms with Crippen LogP contribution in [0.4, 0.5) is 26.3 Å². The molecule has 0 spiro atoms. The molecule has 10 heteroatoms. The van der Waals surface area contributed by atoms with Crippen LogP contribution in [0.15, 0.2) is 52.9 Å². The first-order valence-electron chi connectivity index (χ1n) is 9.04. The minimum atomic E-state index is -5.02. The molecule has 1 N–H and O–H groups in total. The minimum Gasteiger partial charge on any atom is -0.481 e. The van der Waals surface area contributed by atoms with Gasteiger partial charge in [0.1, 0.15) is 5.69 Å². The van der Waals surface area contributed by atoms with Gasteiger partial charge in [0.2, 0.25) is 0 Å². The molecular formula is C21H13F6NO3. The second kappa shape index (κ2) is 7.14. The average molecular weight is 441 g/mol. The Balaban J connectivity index is 1.91. The first kappa shape index (κ1) is 21.0. The largest absolute Gasteiger partial charge is 0.481 e. The molecular weight excluding hydrogens is 428 g/mol. The van der Waals surface area contributed by atoms with E-state index in [-0.39, 0.29) is 29.8 Å². The van der Waals surface area contributed by atoms with E-state index in [4.69, 9.17) is 9.52 Å².